The summed E-state index contributed by atoms with van der Waals surface area (Å²) >= 11 is 0. The molecule has 45 heavy (non-hydrogen) atoms. The summed E-state index contributed by atoms with van der Waals surface area (Å²) in [5.74, 6) is -0.515. The van der Waals surface area contributed by atoms with Crippen molar-refractivity contribution in [3.05, 3.63) is 24.3 Å². The predicted octanol–water partition coefficient (Wildman–Crippen LogP) is 10.7. The fraction of sp³-hybridized carbons (Fsp3) is 0.875. The Morgan fingerprint density at radius 3 is 1.36 bits per heavy atom. The Morgan fingerprint density at radius 2 is 0.911 bits per heavy atom. The molecular formula is C40H77NO4. The SMILES string of the molecule is CCCC/C=C\CCCCCCC(O)C(=O)NC(CO)C(O)/C=C/CCCCCCCCCCCCCCCCCCCCC. The first-order chi connectivity index (χ1) is 22.1. The van der Waals surface area contributed by atoms with Crippen molar-refractivity contribution in [3.63, 3.8) is 0 Å². The summed E-state index contributed by atoms with van der Waals surface area (Å²) in [6.45, 7) is 4.12. The molecule has 1 amide bonds. The van der Waals surface area contributed by atoms with Gasteiger partial charge in [-0.05, 0) is 38.5 Å². The fourth-order valence-corrected chi connectivity index (χ4v) is 5.87. The van der Waals surface area contributed by atoms with Crippen molar-refractivity contribution in [2.24, 2.45) is 0 Å². The van der Waals surface area contributed by atoms with E-state index in [9.17, 15) is 20.1 Å². The van der Waals surface area contributed by atoms with Crippen LogP contribution in [0, 0.1) is 0 Å². The highest BCUT2D eigenvalue weighted by atomic mass is 16.3. The zero-order valence-electron chi connectivity index (χ0n) is 30.0. The first-order valence-corrected chi connectivity index (χ1v) is 19.7. The van der Waals surface area contributed by atoms with Gasteiger partial charge in [-0.1, -0.05) is 186 Å². The van der Waals surface area contributed by atoms with Crippen molar-refractivity contribution in [3.8, 4) is 0 Å². The van der Waals surface area contributed by atoms with Gasteiger partial charge in [0, 0.05) is 0 Å². The average Bonchev–Trinajstić information content (AvgIpc) is 3.04. The van der Waals surface area contributed by atoms with Crippen molar-refractivity contribution in [2.45, 2.75) is 218 Å². The molecule has 0 aromatic heterocycles. The van der Waals surface area contributed by atoms with Gasteiger partial charge in [0.15, 0.2) is 0 Å². The molecule has 0 aromatic carbocycles. The fourth-order valence-electron chi connectivity index (χ4n) is 5.87. The number of nitrogens with one attached hydrogen (secondary N) is 1. The monoisotopic (exact) mass is 636 g/mol. The number of hydrogen-bond acceptors (Lipinski definition) is 4. The first kappa shape index (κ1) is 43.8. The molecule has 3 unspecified atom stereocenters. The number of allylic oxidation sites excluding steroid dienone is 3. The lowest BCUT2D eigenvalue weighted by molar-refractivity contribution is -0.131. The number of aliphatic hydroxyl groups excluding tert-OH is 3. The molecule has 3 atom stereocenters. The molecule has 0 saturated carbocycles. The topological polar surface area (TPSA) is 89.8 Å². The van der Waals surface area contributed by atoms with Crippen LogP contribution in [-0.4, -0.2) is 46.1 Å². The second-order valence-electron chi connectivity index (χ2n) is 13.5. The second-order valence-corrected chi connectivity index (χ2v) is 13.5. The number of carbonyl (C=O) groups excluding carboxylic acids is 1. The summed E-state index contributed by atoms with van der Waals surface area (Å²) in [6.07, 6.45) is 42.1. The molecule has 5 nitrogen and oxygen atoms in total. The lowest BCUT2D eigenvalue weighted by Gasteiger charge is -2.21. The van der Waals surface area contributed by atoms with Crippen molar-refractivity contribution in [2.75, 3.05) is 6.61 Å². The molecule has 0 radical (unpaired) electrons. The van der Waals surface area contributed by atoms with E-state index >= 15 is 0 Å². The van der Waals surface area contributed by atoms with E-state index in [4.69, 9.17) is 0 Å². The molecule has 0 bridgehead atoms. The van der Waals surface area contributed by atoms with E-state index in [1.807, 2.05) is 6.08 Å². The van der Waals surface area contributed by atoms with Crippen LogP contribution in [0.5, 0.6) is 0 Å². The highest BCUT2D eigenvalue weighted by molar-refractivity contribution is 5.80. The van der Waals surface area contributed by atoms with Gasteiger partial charge in [0.2, 0.25) is 5.91 Å². The van der Waals surface area contributed by atoms with Gasteiger partial charge in [0.05, 0.1) is 18.8 Å². The minimum absolute atomic E-state index is 0.366. The zero-order chi connectivity index (χ0) is 33.1. The summed E-state index contributed by atoms with van der Waals surface area (Å²) in [6, 6.07) is -0.798. The van der Waals surface area contributed by atoms with Gasteiger partial charge in [-0.15, -0.1) is 0 Å². The van der Waals surface area contributed by atoms with Gasteiger partial charge in [-0.2, -0.15) is 0 Å². The van der Waals surface area contributed by atoms with E-state index in [2.05, 4.69) is 31.3 Å². The van der Waals surface area contributed by atoms with Gasteiger partial charge in [0.1, 0.15) is 6.10 Å². The Morgan fingerprint density at radius 1 is 0.533 bits per heavy atom. The van der Waals surface area contributed by atoms with Gasteiger partial charge >= 0.3 is 0 Å². The molecule has 266 valence electrons. The quantitative estimate of drug-likeness (QED) is 0.0412. The third-order valence-electron chi connectivity index (χ3n) is 9.04. The Labute approximate surface area is 280 Å². The van der Waals surface area contributed by atoms with Crippen LogP contribution in [0.15, 0.2) is 24.3 Å². The van der Waals surface area contributed by atoms with Crippen LogP contribution in [0.1, 0.15) is 200 Å². The molecule has 0 aliphatic carbocycles. The third-order valence-corrected chi connectivity index (χ3v) is 9.04. The minimum Gasteiger partial charge on any atom is -0.394 e. The molecule has 0 rings (SSSR count). The molecule has 0 aliphatic heterocycles. The van der Waals surface area contributed by atoms with Crippen molar-refractivity contribution < 1.29 is 20.1 Å². The first-order valence-electron chi connectivity index (χ1n) is 19.7. The largest absolute Gasteiger partial charge is 0.394 e. The third kappa shape index (κ3) is 31.2. The molecule has 4 N–H and O–H groups in total. The smallest absolute Gasteiger partial charge is 0.249 e. The average molecular weight is 636 g/mol. The number of unbranched alkanes of at least 4 members (excludes halogenated alkanes) is 25. The molecule has 0 aromatic rings. The number of carbonyl (C=O) groups is 1. The van der Waals surface area contributed by atoms with E-state index < -0.39 is 24.2 Å². The van der Waals surface area contributed by atoms with E-state index in [1.54, 1.807) is 6.08 Å². The van der Waals surface area contributed by atoms with Crippen molar-refractivity contribution >= 4 is 5.91 Å². The minimum atomic E-state index is -1.10. The van der Waals surface area contributed by atoms with Gasteiger partial charge < -0.3 is 20.6 Å². The van der Waals surface area contributed by atoms with Crippen molar-refractivity contribution in [1.29, 1.82) is 0 Å². The Balaban J connectivity index is 3.66. The summed E-state index contributed by atoms with van der Waals surface area (Å²) in [7, 11) is 0. The standard InChI is InChI=1S/C40H77NO4/c1-3-5-7-9-11-13-15-16-17-18-19-20-21-22-23-24-25-27-28-30-32-34-38(43)37(36-42)41-40(45)39(44)35-33-31-29-26-14-12-10-8-6-4-2/h10,12,32,34,37-39,42-44H,3-9,11,13-31,33,35-36H2,1-2H3,(H,41,45)/b12-10-,34-32+. The van der Waals surface area contributed by atoms with E-state index in [1.165, 1.54) is 128 Å². The summed E-state index contributed by atoms with van der Waals surface area (Å²) in [5.41, 5.74) is 0. The summed E-state index contributed by atoms with van der Waals surface area (Å²) in [5, 5.41) is 32.9. The van der Waals surface area contributed by atoms with Crippen LogP contribution >= 0.6 is 0 Å². The van der Waals surface area contributed by atoms with Crippen LogP contribution in [0.2, 0.25) is 0 Å². The second kappa shape index (κ2) is 35.7. The Kier molecular flexibility index (Phi) is 34.8. The molecule has 0 saturated heterocycles. The summed E-state index contributed by atoms with van der Waals surface area (Å²) in [4.78, 5) is 12.4. The maximum Gasteiger partial charge on any atom is 0.249 e. The molecular weight excluding hydrogens is 558 g/mol. The number of amides is 1. The number of hydrogen-bond donors (Lipinski definition) is 4. The van der Waals surface area contributed by atoms with Crippen molar-refractivity contribution in [1.82, 2.24) is 5.32 Å². The molecule has 5 heteroatoms. The predicted molar refractivity (Wildman–Crippen MR) is 195 cm³/mol. The van der Waals surface area contributed by atoms with Crippen LogP contribution in [0.25, 0.3) is 0 Å². The normalized spacial score (nSPS) is 14.0. The number of rotatable bonds is 35. The van der Waals surface area contributed by atoms with E-state index in [0.717, 1.165) is 51.4 Å². The molecule has 0 spiro atoms. The molecule has 0 heterocycles. The summed E-state index contributed by atoms with van der Waals surface area (Å²) < 4.78 is 0. The Bertz CT molecular complexity index is 665. The zero-order valence-corrected chi connectivity index (χ0v) is 30.0. The highest BCUT2D eigenvalue weighted by Crippen LogP contribution is 2.15. The highest BCUT2D eigenvalue weighted by Gasteiger charge is 2.22. The van der Waals surface area contributed by atoms with Gasteiger partial charge in [-0.3, -0.25) is 4.79 Å². The van der Waals surface area contributed by atoms with Crippen LogP contribution in [0.4, 0.5) is 0 Å². The van der Waals surface area contributed by atoms with Crippen LogP contribution in [-0.2, 0) is 4.79 Å². The van der Waals surface area contributed by atoms with Crippen LogP contribution in [0.3, 0.4) is 0 Å². The van der Waals surface area contributed by atoms with E-state index in [-0.39, 0.29) is 6.61 Å². The van der Waals surface area contributed by atoms with Crippen LogP contribution < -0.4 is 5.32 Å². The van der Waals surface area contributed by atoms with Gasteiger partial charge in [-0.25, -0.2) is 0 Å². The number of aliphatic hydroxyl groups is 3. The van der Waals surface area contributed by atoms with Gasteiger partial charge in [0.25, 0.3) is 0 Å². The molecule has 0 aliphatic rings. The Hall–Kier alpha value is -1.17. The molecule has 0 fully saturated rings. The lowest BCUT2D eigenvalue weighted by Crippen LogP contribution is -2.48. The van der Waals surface area contributed by atoms with E-state index in [0.29, 0.717) is 6.42 Å². The maximum absolute atomic E-state index is 12.4. The lowest BCUT2D eigenvalue weighted by atomic mass is 10.0. The maximum atomic E-state index is 12.4.